The first kappa shape index (κ1) is 11.7. The van der Waals surface area contributed by atoms with Gasteiger partial charge in [0.05, 0.1) is 11.0 Å². The van der Waals surface area contributed by atoms with Crippen LogP contribution in [0.2, 0.25) is 0 Å². The lowest BCUT2D eigenvalue weighted by molar-refractivity contribution is 0.589. The van der Waals surface area contributed by atoms with Gasteiger partial charge in [0, 0.05) is 0 Å². The summed E-state index contributed by atoms with van der Waals surface area (Å²) in [7, 11) is -0.835. The van der Waals surface area contributed by atoms with E-state index in [2.05, 4.69) is 11.4 Å². The summed E-state index contributed by atoms with van der Waals surface area (Å²) in [5.74, 6) is 0.391. The van der Waals surface area contributed by atoms with Crippen LogP contribution in [0, 0.1) is 0 Å². The maximum Gasteiger partial charge on any atom is 0.153 e. The van der Waals surface area contributed by atoms with E-state index in [1.807, 2.05) is 13.1 Å². The molecule has 4 heteroatoms. The van der Waals surface area contributed by atoms with Crippen LogP contribution in [0.4, 0.5) is 0 Å². The molecule has 0 spiro atoms. The Morgan fingerprint density at radius 2 is 2.21 bits per heavy atom. The van der Waals surface area contributed by atoms with Crippen molar-refractivity contribution in [3.63, 3.8) is 0 Å². The molecule has 0 bridgehead atoms. The first-order valence-electron chi connectivity index (χ1n) is 5.18. The number of hydrogen-bond donors (Lipinski definition) is 1. The van der Waals surface area contributed by atoms with Crippen molar-refractivity contribution in [3.8, 4) is 0 Å². The van der Waals surface area contributed by atoms with Crippen molar-refractivity contribution >= 4 is 9.84 Å². The van der Waals surface area contributed by atoms with E-state index in [0.29, 0.717) is 12.2 Å². The zero-order chi connectivity index (χ0) is 10.4. The van der Waals surface area contributed by atoms with Crippen molar-refractivity contribution in [2.75, 3.05) is 19.3 Å². The molecule has 3 nitrogen and oxygen atoms in total. The first-order valence-corrected chi connectivity index (χ1v) is 6.89. The highest BCUT2D eigenvalue weighted by Gasteiger charge is 2.29. The first-order chi connectivity index (χ1) is 6.67. The Labute approximate surface area is 86.5 Å². The molecule has 82 valence electrons. The number of hydrogen-bond acceptors (Lipinski definition) is 3. The van der Waals surface area contributed by atoms with Gasteiger partial charge in [-0.15, -0.1) is 0 Å². The summed E-state index contributed by atoms with van der Waals surface area (Å²) < 4.78 is 22.9. The molecule has 1 saturated heterocycles. The maximum atomic E-state index is 11.4. The predicted octanol–water partition coefficient (Wildman–Crippen LogP) is 1.12. The largest absolute Gasteiger partial charge is 0.319 e. The maximum absolute atomic E-state index is 11.4. The van der Waals surface area contributed by atoms with E-state index in [0.717, 1.165) is 25.8 Å². The molecule has 1 rings (SSSR count). The summed E-state index contributed by atoms with van der Waals surface area (Å²) in [6.45, 7) is 0.952. The minimum Gasteiger partial charge on any atom is -0.319 e. The van der Waals surface area contributed by atoms with Gasteiger partial charge >= 0.3 is 0 Å². The van der Waals surface area contributed by atoms with Crippen LogP contribution in [0.5, 0.6) is 0 Å². The molecule has 0 aliphatic carbocycles. The highest BCUT2D eigenvalue weighted by Crippen LogP contribution is 2.22. The monoisotopic (exact) mass is 217 g/mol. The summed E-state index contributed by atoms with van der Waals surface area (Å²) in [6.07, 6.45) is 7.43. The SMILES string of the molecule is CNCC/C=C\CC1CCCS1(=O)=O. The van der Waals surface area contributed by atoms with E-state index in [1.165, 1.54) is 0 Å². The molecular weight excluding hydrogens is 198 g/mol. The van der Waals surface area contributed by atoms with Crippen LogP contribution >= 0.6 is 0 Å². The summed E-state index contributed by atoms with van der Waals surface area (Å²) >= 11 is 0. The van der Waals surface area contributed by atoms with Gasteiger partial charge in [-0.25, -0.2) is 8.42 Å². The van der Waals surface area contributed by atoms with E-state index in [-0.39, 0.29) is 5.25 Å². The topological polar surface area (TPSA) is 46.2 Å². The fourth-order valence-corrected chi connectivity index (χ4v) is 3.55. The normalized spacial score (nSPS) is 25.9. The lowest BCUT2D eigenvalue weighted by Gasteiger charge is -2.04. The molecule has 0 saturated carbocycles. The fourth-order valence-electron chi connectivity index (χ4n) is 1.72. The minimum atomic E-state index is -2.75. The van der Waals surface area contributed by atoms with E-state index >= 15 is 0 Å². The van der Waals surface area contributed by atoms with Gasteiger partial charge in [-0.05, 0) is 39.3 Å². The average Bonchev–Trinajstić information content (AvgIpc) is 2.45. The third kappa shape index (κ3) is 3.42. The lowest BCUT2D eigenvalue weighted by Crippen LogP contribution is -2.14. The molecule has 1 fully saturated rings. The highest BCUT2D eigenvalue weighted by molar-refractivity contribution is 7.92. The molecule has 1 aliphatic heterocycles. The van der Waals surface area contributed by atoms with Gasteiger partial charge < -0.3 is 5.32 Å². The quantitative estimate of drug-likeness (QED) is 0.554. The Morgan fingerprint density at radius 1 is 1.43 bits per heavy atom. The third-order valence-corrected chi connectivity index (χ3v) is 4.89. The van der Waals surface area contributed by atoms with Crippen molar-refractivity contribution < 1.29 is 8.42 Å². The van der Waals surface area contributed by atoms with Crippen molar-refractivity contribution in [2.24, 2.45) is 0 Å². The fraction of sp³-hybridized carbons (Fsp3) is 0.800. The summed E-state index contributed by atoms with van der Waals surface area (Å²) in [5.41, 5.74) is 0. The van der Waals surface area contributed by atoms with Crippen molar-refractivity contribution in [3.05, 3.63) is 12.2 Å². The lowest BCUT2D eigenvalue weighted by atomic mass is 10.2. The van der Waals surface area contributed by atoms with Gasteiger partial charge in [0.1, 0.15) is 0 Å². The zero-order valence-electron chi connectivity index (χ0n) is 8.70. The van der Waals surface area contributed by atoms with Crippen molar-refractivity contribution in [1.82, 2.24) is 5.32 Å². The Morgan fingerprint density at radius 3 is 2.79 bits per heavy atom. The molecule has 0 aromatic heterocycles. The van der Waals surface area contributed by atoms with E-state index < -0.39 is 9.84 Å². The molecule has 1 unspecified atom stereocenters. The minimum absolute atomic E-state index is 0.103. The molecule has 1 atom stereocenters. The van der Waals surface area contributed by atoms with E-state index in [9.17, 15) is 8.42 Å². The standard InChI is InChI=1S/C10H19NO2S/c1-11-8-4-2-3-6-10-7-5-9-14(10,12)13/h2-3,10-11H,4-9H2,1H3/b3-2-. The molecule has 14 heavy (non-hydrogen) atoms. The molecule has 0 radical (unpaired) electrons. The third-order valence-electron chi connectivity index (χ3n) is 2.59. The molecule has 0 aromatic carbocycles. The second-order valence-electron chi connectivity index (χ2n) is 3.73. The van der Waals surface area contributed by atoms with Gasteiger partial charge in [0.25, 0.3) is 0 Å². The molecule has 1 aliphatic rings. The number of allylic oxidation sites excluding steroid dienone is 1. The predicted molar refractivity (Wildman–Crippen MR) is 59.1 cm³/mol. The van der Waals surface area contributed by atoms with Gasteiger partial charge in [-0.1, -0.05) is 12.2 Å². The molecule has 1 heterocycles. The van der Waals surface area contributed by atoms with Gasteiger partial charge in [-0.3, -0.25) is 0 Å². The van der Waals surface area contributed by atoms with Crippen LogP contribution in [0.1, 0.15) is 25.7 Å². The van der Waals surface area contributed by atoms with E-state index in [1.54, 1.807) is 0 Å². The van der Waals surface area contributed by atoms with E-state index in [4.69, 9.17) is 0 Å². The summed E-state index contributed by atoms with van der Waals surface area (Å²) in [5, 5.41) is 2.94. The van der Waals surface area contributed by atoms with Crippen molar-refractivity contribution in [1.29, 1.82) is 0 Å². The van der Waals surface area contributed by atoms with Crippen LogP contribution in [0.25, 0.3) is 0 Å². The second-order valence-corrected chi connectivity index (χ2v) is 6.13. The van der Waals surface area contributed by atoms with Crippen LogP contribution < -0.4 is 5.32 Å². The average molecular weight is 217 g/mol. The molecule has 0 amide bonds. The second kappa shape index (κ2) is 5.51. The number of sulfone groups is 1. The molecular formula is C10H19NO2S. The van der Waals surface area contributed by atoms with Crippen molar-refractivity contribution in [2.45, 2.75) is 30.9 Å². The Hall–Kier alpha value is -0.350. The van der Waals surface area contributed by atoms with Gasteiger partial charge in [-0.2, -0.15) is 0 Å². The smallest absolute Gasteiger partial charge is 0.153 e. The Bertz CT molecular complexity index is 282. The molecule has 0 aromatic rings. The zero-order valence-corrected chi connectivity index (χ0v) is 9.52. The highest BCUT2D eigenvalue weighted by atomic mass is 32.2. The molecule has 1 N–H and O–H groups in total. The summed E-state index contributed by atoms with van der Waals surface area (Å²) in [6, 6.07) is 0. The van der Waals surface area contributed by atoms with Crippen LogP contribution in [-0.2, 0) is 9.84 Å². The number of rotatable bonds is 5. The Kier molecular flexibility index (Phi) is 4.62. The number of nitrogens with one attached hydrogen (secondary N) is 1. The Balaban J connectivity index is 2.28. The van der Waals surface area contributed by atoms with Crippen LogP contribution in [0.3, 0.4) is 0 Å². The van der Waals surface area contributed by atoms with Gasteiger partial charge in [0.2, 0.25) is 0 Å². The van der Waals surface area contributed by atoms with Crippen LogP contribution in [-0.4, -0.2) is 33.0 Å². The van der Waals surface area contributed by atoms with Crippen LogP contribution in [0.15, 0.2) is 12.2 Å². The summed E-state index contributed by atoms with van der Waals surface area (Å²) in [4.78, 5) is 0. The van der Waals surface area contributed by atoms with Gasteiger partial charge in [0.15, 0.2) is 9.84 Å².